The van der Waals surface area contributed by atoms with Crippen LogP contribution in [-0.2, 0) is 4.74 Å². The molecule has 3 aromatic rings. The molecule has 2 heterocycles. The number of nitrogens with zero attached hydrogens (tertiary/aromatic N) is 1. The van der Waals surface area contributed by atoms with Gasteiger partial charge in [0.15, 0.2) is 6.10 Å². The Morgan fingerprint density at radius 2 is 1.80 bits per heavy atom. The van der Waals surface area contributed by atoms with Crippen molar-refractivity contribution in [3.8, 4) is 17.6 Å². The summed E-state index contributed by atoms with van der Waals surface area (Å²) in [5, 5.41) is 2.63. The number of pyridine rings is 1. The lowest BCUT2D eigenvalue weighted by molar-refractivity contribution is 0.130. The van der Waals surface area contributed by atoms with Crippen molar-refractivity contribution in [2.45, 2.75) is 12.1 Å². The second-order valence-electron chi connectivity index (χ2n) is 6.60. The summed E-state index contributed by atoms with van der Waals surface area (Å²) in [5.41, 5.74) is 1.91. The van der Waals surface area contributed by atoms with Gasteiger partial charge in [0.2, 0.25) is 0 Å². The van der Waals surface area contributed by atoms with Crippen molar-refractivity contribution in [2.24, 2.45) is 0 Å². The number of nitrogens with one attached hydrogen (secondary N) is 1. The topological polar surface area (TPSA) is 60.5 Å². The van der Waals surface area contributed by atoms with Gasteiger partial charge in [-0.05, 0) is 54.1 Å². The van der Waals surface area contributed by atoms with Crippen molar-refractivity contribution in [1.82, 2.24) is 10.3 Å². The molecule has 1 saturated heterocycles. The van der Waals surface area contributed by atoms with Gasteiger partial charge < -0.3 is 14.8 Å². The van der Waals surface area contributed by atoms with Crippen LogP contribution in [0.4, 0.5) is 13.6 Å². The Labute approximate surface area is 171 Å². The molecule has 30 heavy (non-hydrogen) atoms. The Kier molecular flexibility index (Phi) is 5.31. The van der Waals surface area contributed by atoms with Crippen molar-refractivity contribution < 1.29 is 23.0 Å². The number of benzene rings is 2. The molecule has 0 bridgehead atoms. The van der Waals surface area contributed by atoms with Gasteiger partial charge in [-0.1, -0.05) is 11.8 Å². The number of alkyl carbamates (subject to hydrolysis) is 1. The van der Waals surface area contributed by atoms with E-state index < -0.39 is 29.9 Å². The minimum absolute atomic E-state index is 0.0481. The SMILES string of the molecule is COc1ccc(C#Cc2cncc(C3NC(=O)OC3c3cc(F)ccc3F)c2)cc1. The molecule has 0 radical (unpaired) electrons. The number of cyclic esters (lactones) is 1. The largest absolute Gasteiger partial charge is 0.497 e. The molecular formula is C23H16F2N2O3. The number of carbonyl (C=O) groups is 1. The molecule has 150 valence electrons. The minimum atomic E-state index is -1.03. The lowest BCUT2D eigenvalue weighted by atomic mass is 9.96. The van der Waals surface area contributed by atoms with Crippen molar-refractivity contribution in [1.29, 1.82) is 0 Å². The third kappa shape index (κ3) is 4.08. The maximum atomic E-state index is 14.2. The number of amides is 1. The highest BCUT2D eigenvalue weighted by Gasteiger charge is 2.38. The lowest BCUT2D eigenvalue weighted by Gasteiger charge is -2.18. The van der Waals surface area contributed by atoms with Crippen LogP contribution in [0.5, 0.6) is 5.75 Å². The molecule has 1 aliphatic rings. The van der Waals surface area contributed by atoms with Crippen LogP contribution in [0.25, 0.3) is 0 Å². The highest BCUT2D eigenvalue weighted by Crippen LogP contribution is 2.37. The van der Waals surface area contributed by atoms with Crippen LogP contribution in [0.2, 0.25) is 0 Å². The van der Waals surface area contributed by atoms with E-state index in [4.69, 9.17) is 9.47 Å². The number of hydrogen-bond acceptors (Lipinski definition) is 4. The summed E-state index contributed by atoms with van der Waals surface area (Å²) in [6.45, 7) is 0. The van der Waals surface area contributed by atoms with E-state index in [9.17, 15) is 13.6 Å². The average Bonchev–Trinajstić information content (AvgIpc) is 3.16. The Balaban J connectivity index is 1.63. The summed E-state index contributed by atoms with van der Waals surface area (Å²) < 4.78 is 38.2. The fraction of sp³-hybridized carbons (Fsp3) is 0.130. The first kappa shape index (κ1) is 19.4. The zero-order valence-corrected chi connectivity index (χ0v) is 15.9. The smallest absolute Gasteiger partial charge is 0.408 e. The molecule has 2 atom stereocenters. The average molecular weight is 406 g/mol. The van der Waals surface area contributed by atoms with Crippen molar-refractivity contribution in [3.63, 3.8) is 0 Å². The van der Waals surface area contributed by atoms with E-state index in [2.05, 4.69) is 22.1 Å². The van der Waals surface area contributed by atoms with Gasteiger partial charge >= 0.3 is 6.09 Å². The molecule has 1 aromatic heterocycles. The third-order valence-corrected chi connectivity index (χ3v) is 4.63. The van der Waals surface area contributed by atoms with Gasteiger partial charge in [-0.3, -0.25) is 4.98 Å². The number of carbonyl (C=O) groups excluding carboxylic acids is 1. The van der Waals surface area contributed by atoms with Gasteiger partial charge in [0.25, 0.3) is 0 Å². The summed E-state index contributed by atoms with van der Waals surface area (Å²) in [4.78, 5) is 16.0. The predicted octanol–water partition coefficient (Wildman–Crippen LogP) is 4.29. The molecule has 1 fully saturated rings. The summed E-state index contributed by atoms with van der Waals surface area (Å²) in [5.74, 6) is 5.48. The number of ether oxygens (including phenoxy) is 2. The van der Waals surface area contributed by atoms with Gasteiger partial charge in [-0.25, -0.2) is 13.6 Å². The summed E-state index contributed by atoms with van der Waals surface area (Å²) in [6.07, 6.45) is 1.36. The second-order valence-corrected chi connectivity index (χ2v) is 6.60. The van der Waals surface area contributed by atoms with Gasteiger partial charge in [0.1, 0.15) is 23.4 Å². The molecule has 0 spiro atoms. The number of methoxy groups -OCH3 is 1. The van der Waals surface area contributed by atoms with Crippen molar-refractivity contribution >= 4 is 6.09 Å². The first-order chi connectivity index (χ1) is 14.5. The minimum Gasteiger partial charge on any atom is -0.497 e. The molecule has 0 aliphatic carbocycles. The molecule has 0 saturated carbocycles. The molecule has 4 rings (SSSR count). The third-order valence-electron chi connectivity index (χ3n) is 4.63. The van der Waals surface area contributed by atoms with E-state index >= 15 is 0 Å². The van der Waals surface area contributed by atoms with Crippen LogP contribution in [-0.4, -0.2) is 18.2 Å². The number of hydrogen-bond donors (Lipinski definition) is 1. The Hall–Kier alpha value is -3.92. The van der Waals surface area contributed by atoms with E-state index in [1.165, 1.54) is 6.20 Å². The number of halogens is 2. The van der Waals surface area contributed by atoms with Crippen LogP contribution in [0, 0.1) is 23.5 Å². The fourth-order valence-corrected chi connectivity index (χ4v) is 3.17. The van der Waals surface area contributed by atoms with Crippen LogP contribution >= 0.6 is 0 Å². The highest BCUT2D eigenvalue weighted by atomic mass is 19.1. The fourth-order valence-electron chi connectivity index (χ4n) is 3.17. The summed E-state index contributed by atoms with van der Waals surface area (Å²) in [6, 6.07) is 11.3. The zero-order valence-electron chi connectivity index (χ0n) is 15.9. The van der Waals surface area contributed by atoms with E-state index in [1.54, 1.807) is 19.4 Å². The lowest BCUT2D eigenvalue weighted by Crippen LogP contribution is -2.20. The molecule has 1 aliphatic heterocycles. The molecule has 2 aromatic carbocycles. The maximum Gasteiger partial charge on any atom is 0.408 e. The van der Waals surface area contributed by atoms with Crippen LogP contribution < -0.4 is 10.1 Å². The van der Waals surface area contributed by atoms with Gasteiger partial charge in [-0.15, -0.1) is 0 Å². The van der Waals surface area contributed by atoms with Gasteiger partial charge in [0.05, 0.1) is 7.11 Å². The van der Waals surface area contributed by atoms with Crippen LogP contribution in [0.3, 0.4) is 0 Å². The second kappa shape index (κ2) is 8.21. The molecule has 7 heteroatoms. The predicted molar refractivity (Wildman–Crippen MR) is 105 cm³/mol. The zero-order chi connectivity index (χ0) is 21.1. The molecule has 1 amide bonds. The standard InChI is InChI=1S/C23H16F2N2O3/c1-29-18-7-4-14(5-8-18)2-3-15-10-16(13-26-12-15)21-22(30-23(28)27-21)19-11-17(24)6-9-20(19)25/h4-13,21-22H,1H3,(H,27,28). The normalized spacial score (nSPS) is 17.5. The van der Waals surface area contributed by atoms with Crippen LogP contribution in [0.1, 0.15) is 34.4 Å². The molecule has 5 nitrogen and oxygen atoms in total. The maximum absolute atomic E-state index is 14.2. The number of rotatable bonds is 3. The Bertz CT molecular complexity index is 1150. The monoisotopic (exact) mass is 406 g/mol. The summed E-state index contributed by atoms with van der Waals surface area (Å²) >= 11 is 0. The van der Waals surface area contributed by atoms with E-state index in [0.717, 1.165) is 29.5 Å². The molecule has 2 unspecified atom stereocenters. The van der Waals surface area contributed by atoms with Gasteiger partial charge in [-0.2, -0.15) is 0 Å². The Morgan fingerprint density at radius 1 is 1.03 bits per heavy atom. The molecule has 1 N–H and O–H groups in total. The summed E-state index contributed by atoms with van der Waals surface area (Å²) in [7, 11) is 1.59. The van der Waals surface area contributed by atoms with Crippen molar-refractivity contribution in [2.75, 3.05) is 7.11 Å². The highest BCUT2D eigenvalue weighted by molar-refractivity contribution is 5.71. The first-order valence-corrected chi connectivity index (χ1v) is 9.06. The van der Waals surface area contributed by atoms with E-state index in [0.29, 0.717) is 11.1 Å². The molecular weight excluding hydrogens is 390 g/mol. The quantitative estimate of drug-likeness (QED) is 0.660. The Morgan fingerprint density at radius 3 is 2.57 bits per heavy atom. The number of aromatic nitrogens is 1. The van der Waals surface area contributed by atoms with E-state index in [-0.39, 0.29) is 5.56 Å². The van der Waals surface area contributed by atoms with Crippen molar-refractivity contribution in [3.05, 3.63) is 94.8 Å². The van der Waals surface area contributed by atoms with E-state index in [1.807, 2.05) is 24.3 Å². The first-order valence-electron chi connectivity index (χ1n) is 9.06. The van der Waals surface area contributed by atoms with Gasteiger partial charge in [0, 0.05) is 29.1 Å². The van der Waals surface area contributed by atoms with Crippen LogP contribution in [0.15, 0.2) is 60.9 Å².